The van der Waals surface area contributed by atoms with Gasteiger partial charge in [0.15, 0.2) is 0 Å². The smallest absolute Gasteiger partial charge is 0.0590 e. The van der Waals surface area contributed by atoms with Crippen molar-refractivity contribution < 1.29 is 4.74 Å². The molecule has 0 aromatic heterocycles. The van der Waals surface area contributed by atoms with Crippen LogP contribution in [0, 0.1) is 0 Å². The van der Waals surface area contributed by atoms with E-state index in [9.17, 15) is 0 Å². The molecule has 0 aromatic carbocycles. The van der Waals surface area contributed by atoms with Gasteiger partial charge in [0.05, 0.1) is 6.61 Å². The van der Waals surface area contributed by atoms with Crippen molar-refractivity contribution in [2.45, 2.75) is 39.7 Å². The molecule has 1 N–H and O–H groups in total. The van der Waals surface area contributed by atoms with Crippen molar-refractivity contribution in [2.24, 2.45) is 0 Å². The van der Waals surface area contributed by atoms with Crippen molar-refractivity contribution in [3.8, 4) is 0 Å². The standard InChI is InChI=1S/C9H21NO/c1-4-7-11-8-6-10-9(3)5-2/h9-10H,4-8H2,1-3H3. The van der Waals surface area contributed by atoms with Crippen LogP contribution in [0.1, 0.15) is 33.6 Å². The number of hydrogen-bond donors (Lipinski definition) is 1. The van der Waals surface area contributed by atoms with Crippen LogP contribution >= 0.6 is 0 Å². The average Bonchev–Trinajstić information content (AvgIpc) is 2.04. The third-order valence-electron chi connectivity index (χ3n) is 1.70. The fraction of sp³-hybridized carbons (Fsp3) is 1.00. The second kappa shape index (κ2) is 8.02. The van der Waals surface area contributed by atoms with Gasteiger partial charge in [-0.15, -0.1) is 0 Å². The van der Waals surface area contributed by atoms with Gasteiger partial charge >= 0.3 is 0 Å². The Bertz CT molecular complexity index is 76.0. The van der Waals surface area contributed by atoms with E-state index < -0.39 is 0 Å². The van der Waals surface area contributed by atoms with E-state index >= 15 is 0 Å². The molecule has 0 radical (unpaired) electrons. The fourth-order valence-electron chi connectivity index (χ4n) is 0.768. The number of nitrogens with one attached hydrogen (secondary N) is 1. The van der Waals surface area contributed by atoms with Gasteiger partial charge in [-0.05, 0) is 19.8 Å². The largest absolute Gasteiger partial charge is 0.380 e. The van der Waals surface area contributed by atoms with Gasteiger partial charge in [0.1, 0.15) is 0 Å². The second-order valence-corrected chi connectivity index (χ2v) is 2.88. The molecule has 68 valence electrons. The maximum Gasteiger partial charge on any atom is 0.0590 e. The highest BCUT2D eigenvalue weighted by Crippen LogP contribution is 1.86. The van der Waals surface area contributed by atoms with Crippen LogP contribution in [0.5, 0.6) is 0 Å². The highest BCUT2D eigenvalue weighted by atomic mass is 16.5. The molecule has 0 rings (SSSR count). The van der Waals surface area contributed by atoms with E-state index in [0.29, 0.717) is 6.04 Å². The number of ether oxygens (including phenoxy) is 1. The van der Waals surface area contributed by atoms with E-state index in [1.54, 1.807) is 0 Å². The van der Waals surface area contributed by atoms with Gasteiger partial charge in [-0.25, -0.2) is 0 Å². The molecule has 0 aliphatic carbocycles. The first-order valence-corrected chi connectivity index (χ1v) is 4.62. The molecule has 0 heterocycles. The van der Waals surface area contributed by atoms with Crippen LogP contribution in [-0.2, 0) is 4.74 Å². The number of hydrogen-bond acceptors (Lipinski definition) is 2. The Morgan fingerprint density at radius 3 is 2.55 bits per heavy atom. The number of rotatable bonds is 7. The van der Waals surface area contributed by atoms with Crippen molar-refractivity contribution in [1.29, 1.82) is 0 Å². The Hall–Kier alpha value is -0.0800. The van der Waals surface area contributed by atoms with Gasteiger partial charge in [-0.3, -0.25) is 0 Å². The van der Waals surface area contributed by atoms with Crippen LogP contribution in [0.25, 0.3) is 0 Å². The molecule has 0 amide bonds. The summed E-state index contributed by atoms with van der Waals surface area (Å²) in [5.41, 5.74) is 0. The van der Waals surface area contributed by atoms with Crippen LogP contribution in [-0.4, -0.2) is 25.8 Å². The predicted molar refractivity (Wildman–Crippen MR) is 48.9 cm³/mol. The van der Waals surface area contributed by atoms with E-state index in [0.717, 1.165) is 26.2 Å². The van der Waals surface area contributed by atoms with Gasteiger partial charge in [0.2, 0.25) is 0 Å². The van der Waals surface area contributed by atoms with E-state index in [2.05, 4.69) is 26.1 Å². The third-order valence-corrected chi connectivity index (χ3v) is 1.70. The van der Waals surface area contributed by atoms with Crippen LogP contribution in [0.2, 0.25) is 0 Å². The van der Waals surface area contributed by atoms with E-state index in [1.165, 1.54) is 6.42 Å². The molecule has 0 fully saturated rings. The molecule has 0 saturated carbocycles. The first-order valence-electron chi connectivity index (χ1n) is 4.62. The summed E-state index contributed by atoms with van der Waals surface area (Å²) < 4.78 is 5.32. The topological polar surface area (TPSA) is 21.3 Å². The molecular formula is C9H21NO. The van der Waals surface area contributed by atoms with Gasteiger partial charge in [-0.1, -0.05) is 13.8 Å². The molecule has 2 nitrogen and oxygen atoms in total. The van der Waals surface area contributed by atoms with E-state index in [4.69, 9.17) is 4.74 Å². The average molecular weight is 159 g/mol. The van der Waals surface area contributed by atoms with Crippen molar-refractivity contribution in [2.75, 3.05) is 19.8 Å². The molecule has 1 atom stereocenters. The quantitative estimate of drug-likeness (QED) is 0.572. The normalized spacial score (nSPS) is 13.4. The maximum atomic E-state index is 5.32. The molecule has 1 unspecified atom stereocenters. The van der Waals surface area contributed by atoms with Crippen LogP contribution < -0.4 is 5.32 Å². The van der Waals surface area contributed by atoms with E-state index in [-0.39, 0.29) is 0 Å². The van der Waals surface area contributed by atoms with Crippen molar-refractivity contribution in [1.82, 2.24) is 5.32 Å². The highest BCUT2D eigenvalue weighted by molar-refractivity contribution is 4.55. The Labute approximate surface area is 70.3 Å². The molecule has 0 aromatic rings. The Balaban J connectivity index is 2.89. The monoisotopic (exact) mass is 159 g/mol. The lowest BCUT2D eigenvalue weighted by atomic mass is 10.3. The van der Waals surface area contributed by atoms with Crippen molar-refractivity contribution >= 4 is 0 Å². The lowest BCUT2D eigenvalue weighted by Gasteiger charge is -2.10. The fourth-order valence-corrected chi connectivity index (χ4v) is 0.768. The minimum atomic E-state index is 0.625. The first-order chi connectivity index (χ1) is 5.31. The summed E-state index contributed by atoms with van der Waals surface area (Å²) in [5, 5.41) is 3.37. The van der Waals surface area contributed by atoms with Crippen molar-refractivity contribution in [3.63, 3.8) is 0 Å². The zero-order valence-corrected chi connectivity index (χ0v) is 8.02. The molecule has 0 bridgehead atoms. The zero-order valence-electron chi connectivity index (χ0n) is 8.02. The van der Waals surface area contributed by atoms with Crippen LogP contribution in [0.15, 0.2) is 0 Å². The minimum Gasteiger partial charge on any atom is -0.380 e. The van der Waals surface area contributed by atoms with Gasteiger partial charge in [0, 0.05) is 19.2 Å². The SMILES string of the molecule is CCCOCCNC(C)CC. The van der Waals surface area contributed by atoms with Crippen LogP contribution in [0.3, 0.4) is 0 Å². The summed E-state index contributed by atoms with van der Waals surface area (Å²) in [6, 6.07) is 0.625. The molecule has 0 spiro atoms. The Morgan fingerprint density at radius 1 is 1.27 bits per heavy atom. The van der Waals surface area contributed by atoms with Gasteiger partial charge in [0.25, 0.3) is 0 Å². The predicted octanol–water partition coefficient (Wildman–Crippen LogP) is 1.80. The summed E-state index contributed by atoms with van der Waals surface area (Å²) in [5.74, 6) is 0. The summed E-state index contributed by atoms with van der Waals surface area (Å²) in [6.45, 7) is 9.22. The summed E-state index contributed by atoms with van der Waals surface area (Å²) >= 11 is 0. The summed E-state index contributed by atoms with van der Waals surface area (Å²) in [6.07, 6.45) is 2.30. The molecule has 0 aliphatic heterocycles. The van der Waals surface area contributed by atoms with Gasteiger partial charge < -0.3 is 10.1 Å². The molecule has 2 heteroatoms. The summed E-state index contributed by atoms with van der Waals surface area (Å²) in [4.78, 5) is 0. The lowest BCUT2D eigenvalue weighted by Crippen LogP contribution is -2.28. The Morgan fingerprint density at radius 2 is 2.00 bits per heavy atom. The lowest BCUT2D eigenvalue weighted by molar-refractivity contribution is 0.134. The second-order valence-electron chi connectivity index (χ2n) is 2.88. The van der Waals surface area contributed by atoms with Gasteiger partial charge in [-0.2, -0.15) is 0 Å². The summed E-state index contributed by atoms with van der Waals surface area (Å²) in [7, 11) is 0. The molecule has 0 saturated heterocycles. The Kier molecular flexibility index (Phi) is 7.96. The van der Waals surface area contributed by atoms with E-state index in [1.807, 2.05) is 0 Å². The minimum absolute atomic E-state index is 0.625. The maximum absolute atomic E-state index is 5.32. The molecule has 11 heavy (non-hydrogen) atoms. The highest BCUT2D eigenvalue weighted by Gasteiger charge is 1.94. The molecule has 0 aliphatic rings. The third kappa shape index (κ3) is 7.82. The first kappa shape index (κ1) is 10.9. The molecular weight excluding hydrogens is 138 g/mol. The van der Waals surface area contributed by atoms with Crippen molar-refractivity contribution in [3.05, 3.63) is 0 Å². The van der Waals surface area contributed by atoms with Crippen LogP contribution in [0.4, 0.5) is 0 Å². The zero-order chi connectivity index (χ0) is 8.53.